The van der Waals surface area contributed by atoms with Gasteiger partial charge < -0.3 is 24.6 Å². The Hall–Kier alpha value is -3.06. The van der Waals surface area contributed by atoms with Gasteiger partial charge in [-0.15, -0.1) is 0 Å². The van der Waals surface area contributed by atoms with E-state index < -0.39 is 19.8 Å². The molecule has 1 unspecified atom stereocenters. The maximum atomic E-state index is 14.4. The normalized spacial score (nSPS) is 23.7. The second-order valence-corrected chi connectivity index (χ2v) is 21.0. The van der Waals surface area contributed by atoms with Crippen molar-refractivity contribution in [2.24, 2.45) is 0 Å². The van der Waals surface area contributed by atoms with Crippen molar-refractivity contribution >= 4 is 26.0 Å². The largest absolute Gasteiger partial charge is 0.530 e. The Kier molecular flexibility index (Phi) is 10.3. The van der Waals surface area contributed by atoms with E-state index in [1.807, 2.05) is 11.8 Å². The molecule has 3 aliphatic heterocycles. The molecule has 0 radical (unpaired) electrons. The van der Waals surface area contributed by atoms with Gasteiger partial charge in [-0.25, -0.2) is 14.2 Å². The van der Waals surface area contributed by atoms with Gasteiger partial charge in [0.25, 0.3) is 8.32 Å². The fourth-order valence-electron chi connectivity index (χ4n) is 6.87. The molecule has 2 fully saturated rings. The van der Waals surface area contributed by atoms with E-state index in [2.05, 4.69) is 75.8 Å². The molecule has 2 saturated heterocycles. The summed E-state index contributed by atoms with van der Waals surface area (Å²) in [5.41, 5.74) is 3.02. The highest BCUT2D eigenvalue weighted by Gasteiger charge is 2.45. The van der Waals surface area contributed by atoms with Gasteiger partial charge in [0, 0.05) is 81.3 Å². The van der Waals surface area contributed by atoms with Crippen molar-refractivity contribution in [3.8, 4) is 5.88 Å². The highest BCUT2D eigenvalue weighted by molar-refractivity contribution is 6.74. The highest BCUT2D eigenvalue weighted by atomic mass is 28.4. The van der Waals surface area contributed by atoms with Crippen molar-refractivity contribution in [3.63, 3.8) is 0 Å². The van der Waals surface area contributed by atoms with E-state index in [0.29, 0.717) is 44.5 Å². The summed E-state index contributed by atoms with van der Waals surface area (Å²) in [4.78, 5) is 39.7. The third-order valence-corrected chi connectivity index (χ3v) is 15.2. The zero-order chi connectivity index (χ0) is 35.2. The summed E-state index contributed by atoms with van der Waals surface area (Å²) in [6.07, 6.45) is -0.426. The number of nitrogens with zero attached hydrogens (tertiary/aromatic N) is 5. The van der Waals surface area contributed by atoms with Crippen molar-refractivity contribution in [1.82, 2.24) is 25.0 Å². The predicted molar refractivity (Wildman–Crippen MR) is 190 cm³/mol. The number of amides is 2. The van der Waals surface area contributed by atoms with E-state index in [1.165, 1.54) is 17.0 Å². The lowest BCUT2D eigenvalue weighted by molar-refractivity contribution is -0.121. The molecule has 2 aromatic rings. The monoisotopic (exact) mass is 682 g/mol. The molecule has 1 aromatic heterocycles. The number of anilines is 1. The van der Waals surface area contributed by atoms with Gasteiger partial charge in [0.1, 0.15) is 5.82 Å². The number of pyridine rings is 1. The Morgan fingerprint density at radius 1 is 1.10 bits per heavy atom. The molecule has 3 aliphatic rings. The Morgan fingerprint density at radius 3 is 2.42 bits per heavy atom. The number of carbonyl (C=O) groups is 2. The van der Waals surface area contributed by atoms with Crippen LogP contribution in [0, 0.1) is 5.82 Å². The molecule has 0 saturated carbocycles. The van der Waals surface area contributed by atoms with Crippen LogP contribution in [-0.2, 0) is 16.6 Å². The van der Waals surface area contributed by atoms with E-state index in [0.717, 1.165) is 42.1 Å². The fraction of sp³-hybridized carbons (Fsp3) is 0.639. The van der Waals surface area contributed by atoms with Gasteiger partial charge in [-0.2, -0.15) is 0 Å². The van der Waals surface area contributed by atoms with Crippen molar-refractivity contribution in [3.05, 3.63) is 53.0 Å². The molecule has 2 amide bonds. The minimum atomic E-state index is -2.27. The van der Waals surface area contributed by atoms with Crippen molar-refractivity contribution in [1.29, 1.82) is 0 Å². The first-order valence-electron chi connectivity index (χ1n) is 17.3. The molecular formula is C36H55FN6O4Si. The standard InChI is InChI=1S/C36H55FN6O4Si/c1-24-18-38-14-15-40(24)20-29-21-42(34(45)46)25(2)19-41(29)22-31(44)43-23-36(6,7)32-30(43)17-27(16-26-10-12-28(37)13-11-26)33(39-32)47-48(8,9)35(3,4)5/h10-13,17,24-25,29,38H,14-16,18-23H2,1-9H3,(H,45,46)/t24?,25-,29+/m1/s1. The topological polar surface area (TPSA) is 101 Å². The van der Waals surface area contributed by atoms with E-state index in [4.69, 9.17) is 9.41 Å². The van der Waals surface area contributed by atoms with Gasteiger partial charge in [0.2, 0.25) is 11.8 Å². The van der Waals surface area contributed by atoms with Crippen molar-refractivity contribution in [2.45, 2.75) is 96.6 Å². The first kappa shape index (κ1) is 36.2. The lowest BCUT2D eigenvalue weighted by atomic mass is 9.91. The molecule has 5 rings (SSSR count). The molecule has 0 spiro atoms. The molecule has 10 nitrogen and oxygen atoms in total. The smallest absolute Gasteiger partial charge is 0.407 e. The number of halogens is 1. The van der Waals surface area contributed by atoms with Crippen LogP contribution in [0.15, 0.2) is 30.3 Å². The average Bonchev–Trinajstić information content (AvgIpc) is 3.25. The number of aromatic nitrogens is 1. The molecule has 4 heterocycles. The molecule has 1 aromatic carbocycles. The summed E-state index contributed by atoms with van der Waals surface area (Å²) in [6.45, 7) is 24.2. The molecule has 264 valence electrons. The first-order chi connectivity index (χ1) is 22.4. The highest BCUT2D eigenvalue weighted by Crippen LogP contribution is 2.44. The molecule has 48 heavy (non-hydrogen) atoms. The van der Waals surface area contributed by atoms with Crippen molar-refractivity contribution in [2.75, 3.05) is 57.3 Å². The number of hydrogen-bond donors (Lipinski definition) is 2. The van der Waals surface area contributed by atoms with Crippen LogP contribution in [0.2, 0.25) is 18.1 Å². The summed E-state index contributed by atoms with van der Waals surface area (Å²) in [6, 6.07) is 8.54. The number of carboxylic acid groups (broad SMARTS) is 1. The van der Waals surface area contributed by atoms with E-state index in [9.17, 15) is 19.1 Å². The lowest BCUT2D eigenvalue weighted by Crippen LogP contribution is -2.64. The summed E-state index contributed by atoms with van der Waals surface area (Å²) in [5.74, 6) is 0.282. The zero-order valence-corrected chi connectivity index (χ0v) is 31.3. The predicted octanol–water partition coefficient (Wildman–Crippen LogP) is 5.17. The summed E-state index contributed by atoms with van der Waals surface area (Å²) < 4.78 is 20.6. The second kappa shape index (κ2) is 13.7. The van der Waals surface area contributed by atoms with Gasteiger partial charge in [-0.3, -0.25) is 14.6 Å². The Morgan fingerprint density at radius 2 is 1.79 bits per heavy atom. The van der Waals surface area contributed by atoms with Crippen LogP contribution in [-0.4, -0.2) is 116 Å². The zero-order valence-electron chi connectivity index (χ0n) is 30.3. The Bertz CT molecular complexity index is 1500. The maximum absolute atomic E-state index is 14.4. The minimum absolute atomic E-state index is 0.0243. The molecule has 2 N–H and O–H groups in total. The molecule has 0 aliphatic carbocycles. The number of rotatable bonds is 8. The van der Waals surface area contributed by atoms with Crippen LogP contribution in [0.5, 0.6) is 5.88 Å². The molecular weight excluding hydrogens is 628 g/mol. The van der Waals surface area contributed by atoms with Gasteiger partial charge in [0.15, 0.2) is 0 Å². The first-order valence-corrected chi connectivity index (χ1v) is 20.2. The van der Waals surface area contributed by atoms with Gasteiger partial charge in [0.05, 0.1) is 17.9 Å². The summed E-state index contributed by atoms with van der Waals surface area (Å²) in [7, 11) is -2.27. The Labute approximate surface area is 286 Å². The van der Waals surface area contributed by atoms with E-state index in [-0.39, 0.29) is 35.4 Å². The Balaban J connectivity index is 1.47. The van der Waals surface area contributed by atoms with Crippen LogP contribution < -0.4 is 14.6 Å². The quantitative estimate of drug-likeness (QED) is 0.368. The number of carbonyl (C=O) groups excluding carboxylic acids is 1. The van der Waals surface area contributed by atoms with Crippen LogP contribution in [0.4, 0.5) is 14.9 Å². The lowest BCUT2D eigenvalue weighted by Gasteiger charge is -2.47. The number of hydrogen-bond acceptors (Lipinski definition) is 7. The van der Waals surface area contributed by atoms with Crippen LogP contribution in [0.3, 0.4) is 0 Å². The fourth-order valence-corrected chi connectivity index (χ4v) is 7.83. The van der Waals surface area contributed by atoms with Gasteiger partial charge in [-0.05, 0) is 55.7 Å². The van der Waals surface area contributed by atoms with E-state index in [1.54, 1.807) is 12.1 Å². The molecule has 12 heteroatoms. The number of fused-ring (bicyclic) bond motifs is 1. The average molecular weight is 683 g/mol. The number of nitrogens with one attached hydrogen (secondary N) is 1. The van der Waals surface area contributed by atoms with Crippen molar-refractivity contribution < 1.29 is 23.5 Å². The maximum Gasteiger partial charge on any atom is 0.407 e. The number of benzene rings is 1. The third-order valence-electron chi connectivity index (χ3n) is 10.9. The van der Waals surface area contributed by atoms with Crippen LogP contribution in [0.1, 0.15) is 65.3 Å². The molecule has 3 atom stereocenters. The summed E-state index contributed by atoms with van der Waals surface area (Å²) in [5, 5.41) is 13.3. The van der Waals surface area contributed by atoms with Crippen LogP contribution >= 0.6 is 0 Å². The summed E-state index contributed by atoms with van der Waals surface area (Å²) >= 11 is 0. The van der Waals surface area contributed by atoms with Gasteiger partial charge >= 0.3 is 6.09 Å². The van der Waals surface area contributed by atoms with E-state index >= 15 is 0 Å². The second-order valence-electron chi connectivity index (χ2n) is 16.3. The number of piperazine rings is 2. The molecule has 0 bridgehead atoms. The minimum Gasteiger partial charge on any atom is -0.530 e. The third kappa shape index (κ3) is 7.71. The van der Waals surface area contributed by atoms with Crippen LogP contribution in [0.25, 0.3) is 0 Å². The SMILES string of the molecule is CC1CNCCN1C[C@H]1CN(C(=O)O)[C@H](C)CN1CC(=O)N1CC(C)(C)c2nc(O[Si](C)(C)C(C)(C)C)c(Cc3ccc(F)cc3)cc21. The van der Waals surface area contributed by atoms with Gasteiger partial charge in [-0.1, -0.05) is 46.8 Å².